The molecule has 0 nitrogen and oxygen atoms in total. The average Bonchev–Trinajstić information content (AvgIpc) is 2.26. The molecule has 0 amide bonds. The summed E-state index contributed by atoms with van der Waals surface area (Å²) in [5.74, 6) is 1.25. The van der Waals surface area contributed by atoms with E-state index in [2.05, 4.69) is 65.8 Å². The molecule has 1 aromatic carbocycles. The van der Waals surface area contributed by atoms with Gasteiger partial charge in [0.05, 0.1) is 5.38 Å². The topological polar surface area (TPSA) is 0 Å². The molecule has 1 heteroatoms. The van der Waals surface area contributed by atoms with Gasteiger partial charge in [0.2, 0.25) is 0 Å². The van der Waals surface area contributed by atoms with Gasteiger partial charge in [0, 0.05) is 0 Å². The van der Waals surface area contributed by atoms with E-state index < -0.39 is 0 Å². The summed E-state index contributed by atoms with van der Waals surface area (Å²) in [7, 11) is 0. The Morgan fingerprint density at radius 3 is 1.84 bits per heavy atom. The predicted molar refractivity (Wildman–Crippen MR) is 87.0 cm³/mol. The minimum absolute atomic E-state index is 0.138. The van der Waals surface area contributed by atoms with Gasteiger partial charge >= 0.3 is 0 Å². The van der Waals surface area contributed by atoms with E-state index in [1.165, 1.54) is 17.5 Å². The SMILES string of the molecule is CC(CC(Cl)c1ccc(C(C)C)cc1)CC(C)(C)C. The van der Waals surface area contributed by atoms with Crippen LogP contribution in [0.5, 0.6) is 0 Å². The molecule has 0 N–H and O–H groups in total. The van der Waals surface area contributed by atoms with E-state index in [9.17, 15) is 0 Å². The molecule has 19 heavy (non-hydrogen) atoms. The van der Waals surface area contributed by atoms with Gasteiger partial charge in [0.25, 0.3) is 0 Å². The normalized spacial score (nSPS) is 15.6. The summed E-state index contributed by atoms with van der Waals surface area (Å²) in [5, 5.41) is 0.138. The third-order valence-corrected chi connectivity index (χ3v) is 3.97. The van der Waals surface area contributed by atoms with Crippen molar-refractivity contribution < 1.29 is 0 Å². The maximum Gasteiger partial charge on any atom is 0.0587 e. The van der Waals surface area contributed by atoms with Gasteiger partial charge in [0.15, 0.2) is 0 Å². The van der Waals surface area contributed by atoms with Crippen molar-refractivity contribution in [2.24, 2.45) is 11.3 Å². The first-order chi connectivity index (χ1) is 8.69. The highest BCUT2D eigenvalue weighted by Crippen LogP contribution is 2.34. The van der Waals surface area contributed by atoms with Gasteiger partial charge in [-0.3, -0.25) is 0 Å². The first-order valence-corrected chi connectivity index (χ1v) is 7.86. The summed E-state index contributed by atoms with van der Waals surface area (Å²) >= 11 is 6.56. The third kappa shape index (κ3) is 5.99. The van der Waals surface area contributed by atoms with Gasteiger partial charge in [-0.2, -0.15) is 0 Å². The third-order valence-electron chi connectivity index (χ3n) is 3.53. The monoisotopic (exact) mass is 280 g/mol. The molecular weight excluding hydrogens is 252 g/mol. The number of hydrogen-bond acceptors (Lipinski definition) is 0. The molecule has 0 spiro atoms. The van der Waals surface area contributed by atoms with E-state index in [1.807, 2.05) is 0 Å². The summed E-state index contributed by atoms with van der Waals surface area (Å²) in [4.78, 5) is 0. The highest BCUT2D eigenvalue weighted by Gasteiger charge is 2.19. The van der Waals surface area contributed by atoms with Crippen molar-refractivity contribution in [1.82, 2.24) is 0 Å². The van der Waals surface area contributed by atoms with Crippen LogP contribution in [0.4, 0.5) is 0 Å². The Morgan fingerprint density at radius 2 is 1.42 bits per heavy atom. The van der Waals surface area contributed by atoms with E-state index >= 15 is 0 Å². The largest absolute Gasteiger partial charge is 0.118 e. The van der Waals surface area contributed by atoms with Crippen LogP contribution in [-0.4, -0.2) is 0 Å². The van der Waals surface area contributed by atoms with Crippen LogP contribution in [0.1, 0.15) is 76.8 Å². The molecule has 2 atom stereocenters. The molecule has 0 radical (unpaired) electrons. The van der Waals surface area contributed by atoms with Crippen molar-refractivity contribution in [2.75, 3.05) is 0 Å². The van der Waals surface area contributed by atoms with E-state index in [-0.39, 0.29) is 5.38 Å². The zero-order valence-corrected chi connectivity index (χ0v) is 14.1. The van der Waals surface area contributed by atoms with E-state index in [1.54, 1.807) is 0 Å². The highest BCUT2D eigenvalue weighted by atomic mass is 35.5. The van der Waals surface area contributed by atoms with Gasteiger partial charge in [-0.1, -0.05) is 65.8 Å². The summed E-state index contributed by atoms with van der Waals surface area (Å²) in [6.07, 6.45) is 2.28. The summed E-state index contributed by atoms with van der Waals surface area (Å²) in [5.41, 5.74) is 3.03. The zero-order chi connectivity index (χ0) is 14.6. The number of rotatable bonds is 5. The van der Waals surface area contributed by atoms with Crippen LogP contribution >= 0.6 is 11.6 Å². The molecule has 0 saturated carbocycles. The number of alkyl halides is 1. The number of benzene rings is 1. The van der Waals surface area contributed by atoms with Crippen molar-refractivity contribution in [3.8, 4) is 0 Å². The molecule has 0 aliphatic heterocycles. The standard InChI is InChI=1S/C18H29Cl/c1-13(2)15-7-9-16(10-8-15)17(19)11-14(3)12-18(4,5)6/h7-10,13-14,17H,11-12H2,1-6H3. The van der Waals surface area contributed by atoms with Crippen LogP contribution in [0.3, 0.4) is 0 Å². The van der Waals surface area contributed by atoms with Crippen LogP contribution in [0.2, 0.25) is 0 Å². The fourth-order valence-corrected chi connectivity index (χ4v) is 3.16. The smallest absolute Gasteiger partial charge is 0.0587 e. The summed E-state index contributed by atoms with van der Waals surface area (Å²) in [6, 6.07) is 8.81. The van der Waals surface area contributed by atoms with Crippen LogP contribution in [0, 0.1) is 11.3 Å². The van der Waals surface area contributed by atoms with Gasteiger partial charge in [-0.15, -0.1) is 11.6 Å². The molecule has 108 valence electrons. The van der Waals surface area contributed by atoms with Crippen LogP contribution in [0.15, 0.2) is 24.3 Å². The Labute approximate surface area is 124 Å². The first kappa shape index (κ1) is 16.6. The molecule has 2 unspecified atom stereocenters. The molecule has 0 fully saturated rings. The number of hydrogen-bond donors (Lipinski definition) is 0. The van der Waals surface area contributed by atoms with Crippen LogP contribution < -0.4 is 0 Å². The van der Waals surface area contributed by atoms with Crippen molar-refractivity contribution in [1.29, 1.82) is 0 Å². The fraction of sp³-hybridized carbons (Fsp3) is 0.667. The maximum absolute atomic E-state index is 6.56. The highest BCUT2D eigenvalue weighted by molar-refractivity contribution is 6.20. The molecule has 0 aromatic heterocycles. The van der Waals surface area contributed by atoms with Gasteiger partial charge < -0.3 is 0 Å². The quantitative estimate of drug-likeness (QED) is 0.536. The van der Waals surface area contributed by atoms with Crippen molar-refractivity contribution in [3.63, 3.8) is 0 Å². The van der Waals surface area contributed by atoms with Crippen molar-refractivity contribution in [2.45, 2.75) is 65.7 Å². The van der Waals surface area contributed by atoms with Gasteiger partial charge in [0.1, 0.15) is 0 Å². The van der Waals surface area contributed by atoms with Gasteiger partial charge in [-0.05, 0) is 41.2 Å². The van der Waals surface area contributed by atoms with Crippen molar-refractivity contribution >= 4 is 11.6 Å². The maximum atomic E-state index is 6.56. The molecule has 1 rings (SSSR count). The molecule has 0 saturated heterocycles. The Hall–Kier alpha value is -0.490. The lowest BCUT2D eigenvalue weighted by molar-refractivity contribution is 0.295. The lowest BCUT2D eigenvalue weighted by Crippen LogP contribution is -2.12. The minimum Gasteiger partial charge on any atom is -0.118 e. The first-order valence-electron chi connectivity index (χ1n) is 7.43. The lowest BCUT2D eigenvalue weighted by atomic mass is 9.83. The molecular formula is C18H29Cl. The molecule has 0 heterocycles. The second-order valence-electron chi connectivity index (χ2n) is 7.39. The van der Waals surface area contributed by atoms with Crippen molar-refractivity contribution in [3.05, 3.63) is 35.4 Å². The molecule has 0 aliphatic rings. The fourth-order valence-electron chi connectivity index (χ4n) is 2.71. The Morgan fingerprint density at radius 1 is 0.947 bits per heavy atom. The Kier molecular flexibility index (Phi) is 5.92. The second kappa shape index (κ2) is 6.79. The Bertz CT molecular complexity index is 370. The average molecular weight is 281 g/mol. The zero-order valence-electron chi connectivity index (χ0n) is 13.3. The summed E-state index contributed by atoms with van der Waals surface area (Å²) in [6.45, 7) is 13.6. The number of halogens is 1. The van der Waals surface area contributed by atoms with E-state index in [4.69, 9.17) is 11.6 Å². The van der Waals surface area contributed by atoms with E-state index in [0.29, 0.717) is 17.3 Å². The van der Waals surface area contributed by atoms with E-state index in [0.717, 1.165) is 6.42 Å². The van der Waals surface area contributed by atoms with Crippen LogP contribution in [0.25, 0.3) is 0 Å². The summed E-state index contributed by atoms with van der Waals surface area (Å²) < 4.78 is 0. The predicted octanol–water partition coefficient (Wildman–Crippen LogP) is 6.55. The van der Waals surface area contributed by atoms with Gasteiger partial charge in [-0.25, -0.2) is 0 Å². The van der Waals surface area contributed by atoms with Crippen LogP contribution in [-0.2, 0) is 0 Å². The molecule has 0 bridgehead atoms. The molecule has 1 aromatic rings. The molecule has 0 aliphatic carbocycles. The lowest BCUT2D eigenvalue weighted by Gasteiger charge is -2.24. The Balaban J connectivity index is 2.60. The second-order valence-corrected chi connectivity index (χ2v) is 7.92. The minimum atomic E-state index is 0.138.